The SMILES string of the molecule is CCOCCOc1cc2ncnc(Nc3ccc(F)c(Cl)c3)c2cc1CC(=O)/C=C/CN(CC)CC.CCOCCOc1cc2ncnc(Nc3ccc(F)c(Cl)c3)c2cc1CC(=O)/C=C/CN1CCCC1.CCOCCOc1cc2ncnc(Nc3ccc(F)c(Cl)c3)c2cc1CC(=O)/C=C/CN1CCCCC1. The number of likely N-dealkylation sites (N-methyl/N-ethyl adjacent to an activating group) is 1. The first kappa shape index (κ1) is 83.8. The van der Waals surface area contributed by atoms with Crippen LogP contribution in [0.3, 0.4) is 0 Å². The Morgan fingerprint density at radius 1 is 0.431 bits per heavy atom. The van der Waals surface area contributed by atoms with E-state index >= 15 is 0 Å². The van der Waals surface area contributed by atoms with Crippen molar-refractivity contribution in [2.45, 2.75) is 86.0 Å². The van der Waals surface area contributed by atoms with Crippen LogP contribution in [0, 0.1) is 17.5 Å². The number of halogens is 6. The lowest BCUT2D eigenvalue weighted by molar-refractivity contribution is -0.114. The molecular formula is C82H94Cl3F3N12O9. The highest BCUT2D eigenvalue weighted by Gasteiger charge is 2.20. The van der Waals surface area contributed by atoms with Gasteiger partial charge in [0, 0.05) is 127 Å². The number of hydrogen-bond acceptors (Lipinski definition) is 21. The first-order valence-corrected chi connectivity index (χ1v) is 38.0. The molecule has 0 unspecified atom stereocenters. The molecule has 2 fully saturated rings. The molecule has 6 aromatic carbocycles. The molecule has 0 radical (unpaired) electrons. The number of ether oxygens (including phenoxy) is 6. The van der Waals surface area contributed by atoms with Gasteiger partial charge in [-0.1, -0.05) is 73.3 Å². The zero-order valence-corrected chi connectivity index (χ0v) is 64.5. The molecule has 2 aliphatic rings. The smallest absolute Gasteiger partial charge is 0.159 e. The fraction of sp³-hybridized carbons (Fsp3) is 0.378. The number of piperidine rings is 1. The molecule has 3 N–H and O–H groups in total. The summed E-state index contributed by atoms with van der Waals surface area (Å²) in [5.74, 6) is 1.72. The van der Waals surface area contributed by atoms with Crippen LogP contribution < -0.4 is 30.2 Å². The number of carbonyl (C=O) groups excluding carboxylic acids is 3. The molecule has 0 aliphatic carbocycles. The van der Waals surface area contributed by atoms with E-state index in [0.29, 0.717) is 149 Å². The van der Waals surface area contributed by atoms with E-state index in [1.165, 1.54) is 87.5 Å². The first-order valence-electron chi connectivity index (χ1n) is 36.9. The lowest BCUT2D eigenvalue weighted by atomic mass is 10.0. The molecule has 2 saturated heterocycles. The van der Waals surface area contributed by atoms with Crippen molar-refractivity contribution in [2.75, 3.05) is 134 Å². The van der Waals surface area contributed by atoms with Crippen molar-refractivity contribution < 1.29 is 56.0 Å². The van der Waals surface area contributed by atoms with Gasteiger partial charge < -0.3 is 49.3 Å². The highest BCUT2D eigenvalue weighted by Crippen LogP contribution is 2.36. The highest BCUT2D eigenvalue weighted by molar-refractivity contribution is 6.31. The predicted octanol–water partition coefficient (Wildman–Crippen LogP) is 16.7. The molecule has 0 bridgehead atoms. The van der Waals surface area contributed by atoms with Crippen LogP contribution in [0.2, 0.25) is 15.1 Å². The van der Waals surface area contributed by atoms with E-state index in [0.717, 1.165) is 70.0 Å². The molecular weight excluding hydrogens is 1460 g/mol. The number of rotatable bonds is 38. The maximum atomic E-state index is 13.6. The number of carbonyl (C=O) groups is 3. The molecule has 578 valence electrons. The van der Waals surface area contributed by atoms with E-state index in [1.54, 1.807) is 42.5 Å². The molecule has 21 nitrogen and oxygen atoms in total. The van der Waals surface area contributed by atoms with Crippen LogP contribution in [-0.4, -0.2) is 180 Å². The van der Waals surface area contributed by atoms with Gasteiger partial charge >= 0.3 is 0 Å². The second-order valence-corrected chi connectivity index (χ2v) is 26.7. The van der Waals surface area contributed by atoms with Crippen molar-refractivity contribution in [1.82, 2.24) is 44.6 Å². The summed E-state index contributed by atoms with van der Waals surface area (Å²) in [6.45, 7) is 22.6. The molecule has 9 aromatic rings. The number of nitrogens with zero attached hydrogens (tertiary/aromatic N) is 9. The Morgan fingerprint density at radius 3 is 1.06 bits per heavy atom. The molecule has 0 spiro atoms. The number of allylic oxidation sites excluding steroid dienone is 3. The predicted molar refractivity (Wildman–Crippen MR) is 426 cm³/mol. The number of hydrogen-bond donors (Lipinski definition) is 3. The fourth-order valence-corrected chi connectivity index (χ4v) is 12.6. The van der Waals surface area contributed by atoms with Crippen molar-refractivity contribution in [2.24, 2.45) is 0 Å². The standard InChI is InChI=1S/C28H32ClFN4O3.C27H30ClFN4O3.C27H32ClFN4O3/c1-2-36-13-14-37-27-18-26-23(28(32-19-31-26)33-21-8-9-25(30)24(29)17-21)16-20(27)15-22(35)7-6-12-34-10-4-3-5-11-34;1-2-35-12-13-36-26-17-25-22(15-19(26)14-21(34)6-5-11-33-9-3-4-10-33)27(31-18-30-25)32-20-7-8-24(29)23(28)16-20;1-4-33(5-2)11-7-8-21(34)14-19-15-22-25(17-26(19)36-13-12-35-6-3)30-18-31-27(22)32-20-9-10-24(29)23(28)16-20/h6-9,16-19H,2-5,10-15H2,1H3,(H,31,32,33);5-8,15-18H,2-4,9-14H2,1H3,(H,30,31,32);7-10,15-18H,4-6,11-14H2,1-3H3,(H,30,31,32)/b7-6+;6-5+;8-7+. The van der Waals surface area contributed by atoms with E-state index in [9.17, 15) is 27.6 Å². The Hall–Kier alpha value is -9.21. The lowest BCUT2D eigenvalue weighted by Crippen LogP contribution is -2.29. The van der Waals surface area contributed by atoms with Gasteiger partial charge in [-0.2, -0.15) is 0 Å². The van der Waals surface area contributed by atoms with Crippen molar-refractivity contribution in [3.05, 3.63) is 196 Å². The highest BCUT2D eigenvalue weighted by atomic mass is 35.5. The molecule has 0 atom stereocenters. The van der Waals surface area contributed by atoms with Crippen LogP contribution in [-0.2, 0) is 47.9 Å². The third kappa shape index (κ3) is 26.5. The second kappa shape index (κ2) is 44.4. The normalized spacial score (nSPS) is 13.3. The van der Waals surface area contributed by atoms with Gasteiger partial charge in [-0.25, -0.2) is 43.1 Å². The Labute approximate surface area is 649 Å². The fourth-order valence-electron chi connectivity index (χ4n) is 12.0. The maximum Gasteiger partial charge on any atom is 0.159 e. The third-order valence-electron chi connectivity index (χ3n) is 17.7. The average molecular weight is 1560 g/mol. The van der Waals surface area contributed by atoms with Crippen LogP contribution in [0.1, 0.15) is 83.4 Å². The number of aromatic nitrogens is 6. The quantitative estimate of drug-likeness (QED) is 0.0241. The van der Waals surface area contributed by atoms with E-state index in [2.05, 4.69) is 74.4 Å². The Bertz CT molecular complexity index is 4410. The Kier molecular flexibility index (Phi) is 34.2. The van der Waals surface area contributed by atoms with Crippen LogP contribution >= 0.6 is 34.8 Å². The van der Waals surface area contributed by atoms with Crippen LogP contribution in [0.5, 0.6) is 17.2 Å². The van der Waals surface area contributed by atoms with Gasteiger partial charge in [-0.15, -0.1) is 0 Å². The molecule has 27 heteroatoms. The average Bonchev–Trinajstić information content (AvgIpc) is 1.14. The summed E-state index contributed by atoms with van der Waals surface area (Å²) in [6.07, 6.45) is 21.6. The monoisotopic (exact) mass is 1550 g/mol. The van der Waals surface area contributed by atoms with Crippen LogP contribution in [0.15, 0.2) is 146 Å². The Balaban J connectivity index is 0.000000188. The van der Waals surface area contributed by atoms with Gasteiger partial charge in [0.05, 0.1) is 51.4 Å². The Morgan fingerprint density at radius 2 is 0.752 bits per heavy atom. The van der Waals surface area contributed by atoms with Crippen molar-refractivity contribution >= 4 is 119 Å². The van der Waals surface area contributed by atoms with E-state index in [-0.39, 0.29) is 51.7 Å². The van der Waals surface area contributed by atoms with Crippen molar-refractivity contribution in [3.8, 4) is 17.2 Å². The minimum Gasteiger partial charge on any atom is -0.491 e. The zero-order valence-electron chi connectivity index (χ0n) is 62.2. The van der Waals surface area contributed by atoms with Gasteiger partial charge in [0.1, 0.15) is 91.0 Å². The van der Waals surface area contributed by atoms with Crippen molar-refractivity contribution in [1.29, 1.82) is 0 Å². The molecule has 0 saturated carbocycles. The minimum atomic E-state index is -0.501. The largest absolute Gasteiger partial charge is 0.491 e. The minimum absolute atomic E-state index is 0.00568. The van der Waals surface area contributed by atoms with Gasteiger partial charge in [0.25, 0.3) is 0 Å². The van der Waals surface area contributed by atoms with Gasteiger partial charge in [0.15, 0.2) is 17.3 Å². The number of fused-ring (bicyclic) bond motifs is 3. The molecule has 5 heterocycles. The summed E-state index contributed by atoms with van der Waals surface area (Å²) >= 11 is 17.8. The summed E-state index contributed by atoms with van der Waals surface area (Å²) in [5, 5.41) is 11.7. The number of anilines is 6. The van der Waals surface area contributed by atoms with Crippen LogP contribution in [0.25, 0.3) is 32.7 Å². The summed E-state index contributed by atoms with van der Waals surface area (Å²) in [7, 11) is 0. The summed E-state index contributed by atoms with van der Waals surface area (Å²) < 4.78 is 74.9. The number of likely N-dealkylation sites (tertiary alicyclic amines) is 2. The van der Waals surface area contributed by atoms with E-state index < -0.39 is 17.5 Å². The van der Waals surface area contributed by atoms with Gasteiger partial charge in [0.2, 0.25) is 0 Å². The topological polar surface area (TPSA) is 230 Å². The van der Waals surface area contributed by atoms with E-state index in [1.807, 2.05) is 69.3 Å². The van der Waals surface area contributed by atoms with Gasteiger partial charge in [-0.05, 0) is 177 Å². The first-order chi connectivity index (χ1) is 53.0. The molecule has 0 amide bonds. The molecule has 109 heavy (non-hydrogen) atoms. The second-order valence-electron chi connectivity index (χ2n) is 25.5. The molecule has 3 aromatic heterocycles. The van der Waals surface area contributed by atoms with E-state index in [4.69, 9.17) is 63.2 Å². The van der Waals surface area contributed by atoms with Gasteiger partial charge in [-0.3, -0.25) is 24.2 Å². The molecule has 2 aliphatic heterocycles. The summed E-state index contributed by atoms with van der Waals surface area (Å²) in [5.41, 5.74) is 5.85. The summed E-state index contributed by atoms with van der Waals surface area (Å²) in [6, 6.07) is 24.1. The number of nitrogens with one attached hydrogen (secondary N) is 3. The third-order valence-corrected chi connectivity index (χ3v) is 18.6. The summed E-state index contributed by atoms with van der Waals surface area (Å²) in [4.78, 5) is 71.6. The number of benzene rings is 6. The molecule has 11 rings (SSSR count). The maximum absolute atomic E-state index is 13.6. The lowest BCUT2D eigenvalue weighted by Gasteiger charge is -2.24. The van der Waals surface area contributed by atoms with Crippen molar-refractivity contribution in [3.63, 3.8) is 0 Å². The zero-order chi connectivity index (χ0) is 77.3. The number of ketones is 3. The van der Waals surface area contributed by atoms with Crippen LogP contribution in [0.4, 0.5) is 47.7 Å².